The predicted molar refractivity (Wildman–Crippen MR) is 64.3 cm³/mol. The van der Waals surface area contributed by atoms with Crippen LogP contribution in [0.1, 0.15) is 19.4 Å². The minimum Gasteiger partial charge on any atom is -0.443 e. The van der Waals surface area contributed by atoms with Crippen molar-refractivity contribution in [1.82, 2.24) is 10.2 Å². The summed E-state index contributed by atoms with van der Waals surface area (Å²) in [7, 11) is 0. The monoisotopic (exact) mass is 239 g/mol. The molecule has 2 rings (SSSR count). The molecule has 0 saturated carbocycles. The number of aromatic amines is 1. The Morgan fingerprint density at radius 2 is 2.25 bits per heavy atom. The highest BCUT2D eigenvalue weighted by Crippen LogP contribution is 2.30. The molecular weight excluding hydrogens is 226 g/mol. The highest BCUT2D eigenvalue weighted by molar-refractivity contribution is 6.28. The Morgan fingerprint density at radius 3 is 2.81 bits per heavy atom. The van der Waals surface area contributed by atoms with Gasteiger partial charge in [-0.1, -0.05) is 13.8 Å². The lowest BCUT2D eigenvalue weighted by molar-refractivity contribution is 0.579. The van der Waals surface area contributed by atoms with Crippen molar-refractivity contribution >= 4 is 17.4 Å². The van der Waals surface area contributed by atoms with Crippen LogP contribution < -0.4 is 5.73 Å². The van der Waals surface area contributed by atoms with Gasteiger partial charge in [-0.15, -0.1) is 0 Å². The van der Waals surface area contributed by atoms with Crippen molar-refractivity contribution in [2.24, 2.45) is 5.92 Å². The van der Waals surface area contributed by atoms with Gasteiger partial charge in [0.05, 0.1) is 0 Å². The van der Waals surface area contributed by atoms with Gasteiger partial charge >= 0.3 is 0 Å². The maximum atomic E-state index is 5.82. The second-order valence-corrected chi connectivity index (χ2v) is 4.54. The van der Waals surface area contributed by atoms with Crippen LogP contribution in [-0.2, 0) is 6.42 Å². The molecule has 3 N–H and O–H groups in total. The van der Waals surface area contributed by atoms with E-state index in [4.69, 9.17) is 21.8 Å². The highest BCUT2D eigenvalue weighted by atomic mass is 35.5. The van der Waals surface area contributed by atoms with E-state index in [1.165, 1.54) is 0 Å². The topological polar surface area (TPSA) is 67.8 Å². The van der Waals surface area contributed by atoms with Crippen molar-refractivity contribution in [3.05, 3.63) is 22.9 Å². The fourth-order valence-electron chi connectivity index (χ4n) is 1.65. The minimum atomic E-state index is 0.360. The van der Waals surface area contributed by atoms with Crippen LogP contribution in [0.4, 0.5) is 5.82 Å². The van der Waals surface area contributed by atoms with Crippen LogP contribution >= 0.6 is 11.6 Å². The number of aromatic nitrogens is 2. The van der Waals surface area contributed by atoms with Gasteiger partial charge in [0.25, 0.3) is 0 Å². The summed E-state index contributed by atoms with van der Waals surface area (Å²) in [6.45, 7) is 4.26. The number of hydrogen-bond donors (Lipinski definition) is 2. The lowest BCUT2D eigenvalue weighted by Crippen LogP contribution is -1.98. The first-order valence-electron chi connectivity index (χ1n) is 5.16. The molecule has 4 nitrogen and oxygen atoms in total. The molecule has 0 radical (unpaired) electrons. The minimum absolute atomic E-state index is 0.360. The summed E-state index contributed by atoms with van der Waals surface area (Å²) in [6.07, 6.45) is 0.857. The molecule has 0 aliphatic heterocycles. The Balaban J connectivity index is 2.41. The molecule has 0 fully saturated rings. The summed E-state index contributed by atoms with van der Waals surface area (Å²) in [4.78, 5) is 0. The summed E-state index contributed by atoms with van der Waals surface area (Å²) in [6, 6.07) is 3.51. The van der Waals surface area contributed by atoms with Crippen molar-refractivity contribution in [2.75, 3.05) is 5.73 Å². The number of nitrogen functional groups attached to an aromatic ring is 1. The second kappa shape index (κ2) is 4.22. The standard InChI is InChI=1S/C11H14ClN3O/c1-6(2)5-7-10(14-15-11(7)13)8-3-4-9(12)16-8/h3-4,6H,5H2,1-2H3,(H3,13,14,15). The van der Waals surface area contributed by atoms with Crippen LogP contribution in [0.15, 0.2) is 16.5 Å². The summed E-state index contributed by atoms with van der Waals surface area (Å²) in [5.74, 6) is 1.70. The molecule has 2 heterocycles. The van der Waals surface area contributed by atoms with Crippen molar-refractivity contribution in [1.29, 1.82) is 0 Å². The third-order valence-electron chi connectivity index (χ3n) is 2.33. The Hall–Kier alpha value is -1.42. The van der Waals surface area contributed by atoms with Gasteiger partial charge in [-0.25, -0.2) is 0 Å². The normalized spacial score (nSPS) is 11.2. The number of rotatable bonds is 3. The molecular formula is C11H14ClN3O. The zero-order valence-electron chi connectivity index (χ0n) is 9.25. The lowest BCUT2D eigenvalue weighted by Gasteiger charge is -2.04. The molecule has 0 bridgehead atoms. The van der Waals surface area contributed by atoms with Crippen molar-refractivity contribution in [2.45, 2.75) is 20.3 Å². The van der Waals surface area contributed by atoms with E-state index in [2.05, 4.69) is 24.0 Å². The van der Waals surface area contributed by atoms with E-state index in [1.54, 1.807) is 12.1 Å². The number of hydrogen-bond acceptors (Lipinski definition) is 3. The van der Waals surface area contributed by atoms with Crippen LogP contribution in [0.5, 0.6) is 0 Å². The van der Waals surface area contributed by atoms with Gasteiger partial charge in [0, 0.05) is 5.56 Å². The van der Waals surface area contributed by atoms with Gasteiger partial charge < -0.3 is 10.2 Å². The first-order chi connectivity index (χ1) is 7.58. The molecule has 16 heavy (non-hydrogen) atoms. The van der Waals surface area contributed by atoms with Crippen molar-refractivity contribution in [3.8, 4) is 11.5 Å². The van der Waals surface area contributed by atoms with Crippen molar-refractivity contribution in [3.63, 3.8) is 0 Å². The van der Waals surface area contributed by atoms with E-state index in [-0.39, 0.29) is 0 Å². The summed E-state index contributed by atoms with van der Waals surface area (Å²) in [5.41, 5.74) is 7.62. The van der Waals surface area contributed by atoms with Gasteiger partial charge in [-0.05, 0) is 36.1 Å². The van der Waals surface area contributed by atoms with E-state index in [0.29, 0.717) is 22.7 Å². The fraction of sp³-hybridized carbons (Fsp3) is 0.364. The number of nitrogens with two attached hydrogens (primary N) is 1. The molecule has 0 saturated heterocycles. The summed E-state index contributed by atoms with van der Waals surface area (Å²) in [5, 5.41) is 7.25. The zero-order chi connectivity index (χ0) is 11.7. The van der Waals surface area contributed by atoms with Gasteiger partial charge in [0.1, 0.15) is 11.5 Å². The van der Waals surface area contributed by atoms with Crippen LogP contribution in [0.3, 0.4) is 0 Å². The zero-order valence-corrected chi connectivity index (χ0v) is 10.0. The number of nitrogens with one attached hydrogen (secondary N) is 1. The molecule has 0 aliphatic carbocycles. The number of H-pyrrole nitrogens is 1. The molecule has 5 heteroatoms. The predicted octanol–water partition coefficient (Wildman–Crippen LogP) is 3.10. The fourth-order valence-corrected chi connectivity index (χ4v) is 1.79. The maximum absolute atomic E-state index is 5.82. The largest absolute Gasteiger partial charge is 0.443 e. The third-order valence-corrected chi connectivity index (χ3v) is 2.53. The van der Waals surface area contributed by atoms with E-state index >= 15 is 0 Å². The summed E-state index contributed by atoms with van der Waals surface area (Å²) >= 11 is 5.74. The van der Waals surface area contributed by atoms with Crippen LogP contribution in [-0.4, -0.2) is 10.2 Å². The van der Waals surface area contributed by atoms with E-state index in [9.17, 15) is 0 Å². The Bertz CT molecular complexity index is 487. The molecule has 0 unspecified atom stereocenters. The molecule has 0 aliphatic rings. The van der Waals surface area contributed by atoms with E-state index in [1.807, 2.05) is 0 Å². The molecule has 2 aromatic heterocycles. The SMILES string of the molecule is CC(C)Cc1c(N)n[nH]c1-c1ccc(Cl)o1. The van der Waals surface area contributed by atoms with E-state index in [0.717, 1.165) is 17.7 Å². The Kier molecular flexibility index (Phi) is 2.92. The van der Waals surface area contributed by atoms with E-state index < -0.39 is 0 Å². The first kappa shape index (κ1) is 11.1. The molecule has 0 atom stereocenters. The molecule has 2 aromatic rings. The van der Waals surface area contributed by atoms with Gasteiger partial charge in [-0.3, -0.25) is 5.10 Å². The Labute approximate surface area is 98.8 Å². The quantitative estimate of drug-likeness (QED) is 0.865. The highest BCUT2D eigenvalue weighted by Gasteiger charge is 2.16. The van der Waals surface area contributed by atoms with Gasteiger partial charge in [-0.2, -0.15) is 5.10 Å². The van der Waals surface area contributed by atoms with Gasteiger partial charge in [0.2, 0.25) is 0 Å². The maximum Gasteiger partial charge on any atom is 0.194 e. The van der Waals surface area contributed by atoms with Crippen molar-refractivity contribution < 1.29 is 4.42 Å². The van der Waals surface area contributed by atoms with Crippen LogP contribution in [0.2, 0.25) is 5.22 Å². The van der Waals surface area contributed by atoms with Gasteiger partial charge in [0.15, 0.2) is 11.0 Å². The average Bonchev–Trinajstić information content (AvgIpc) is 2.75. The smallest absolute Gasteiger partial charge is 0.194 e. The third kappa shape index (κ3) is 2.07. The molecule has 86 valence electrons. The first-order valence-corrected chi connectivity index (χ1v) is 5.54. The molecule has 0 aromatic carbocycles. The molecule has 0 spiro atoms. The number of nitrogens with zero attached hydrogens (tertiary/aromatic N) is 1. The average molecular weight is 240 g/mol. The van der Waals surface area contributed by atoms with Crippen LogP contribution in [0, 0.1) is 5.92 Å². The summed E-state index contributed by atoms with van der Waals surface area (Å²) < 4.78 is 5.34. The number of furan rings is 1. The second-order valence-electron chi connectivity index (χ2n) is 4.16. The number of halogens is 1. The molecule has 0 amide bonds. The number of anilines is 1. The Morgan fingerprint density at radius 1 is 1.50 bits per heavy atom. The lowest BCUT2D eigenvalue weighted by atomic mass is 10.0. The van der Waals surface area contributed by atoms with Crippen LogP contribution in [0.25, 0.3) is 11.5 Å².